The van der Waals surface area contributed by atoms with Gasteiger partial charge in [-0.05, 0) is 32.4 Å². The van der Waals surface area contributed by atoms with Crippen molar-refractivity contribution in [2.45, 2.75) is 30.9 Å². The summed E-state index contributed by atoms with van der Waals surface area (Å²) in [5.41, 5.74) is 0.270. The van der Waals surface area contributed by atoms with Crippen LogP contribution in [0.2, 0.25) is 5.02 Å². The maximum atomic E-state index is 10.9. The van der Waals surface area contributed by atoms with Gasteiger partial charge in [-0.2, -0.15) is 4.99 Å². The first kappa shape index (κ1) is 15.3. The zero-order chi connectivity index (χ0) is 15.7. The fourth-order valence-corrected chi connectivity index (χ4v) is 3.32. The minimum absolute atomic E-state index is 0.121. The largest absolute Gasteiger partial charge is 0.493 e. The molecule has 118 valence electrons. The van der Waals surface area contributed by atoms with Crippen LogP contribution in [0.3, 0.4) is 0 Å². The molecule has 2 aliphatic rings. The van der Waals surface area contributed by atoms with Crippen molar-refractivity contribution < 1.29 is 14.3 Å². The minimum atomic E-state index is -0.565. The van der Waals surface area contributed by atoms with E-state index in [1.165, 1.54) is 0 Å². The Morgan fingerprint density at radius 2 is 2.14 bits per heavy atom. The maximum Gasteiger partial charge on any atom is 0.235 e. The van der Waals surface area contributed by atoms with Crippen LogP contribution in [0.15, 0.2) is 17.1 Å². The molecule has 0 atom stereocenters. The molecule has 0 amide bonds. The lowest BCUT2D eigenvalue weighted by atomic mass is 9.72. The summed E-state index contributed by atoms with van der Waals surface area (Å²) >= 11 is 6.21. The van der Waals surface area contributed by atoms with E-state index < -0.39 is 5.54 Å². The molecule has 0 radical (unpaired) electrons. The Kier molecular flexibility index (Phi) is 4.13. The summed E-state index contributed by atoms with van der Waals surface area (Å²) in [5.74, 6) is 1.24. The van der Waals surface area contributed by atoms with Crippen molar-refractivity contribution in [1.82, 2.24) is 4.90 Å². The first-order valence-corrected chi connectivity index (χ1v) is 7.78. The molecular formula is C16H19ClN2O3. The molecule has 0 aromatic heterocycles. The summed E-state index contributed by atoms with van der Waals surface area (Å²) in [6.45, 7) is 1.74. The van der Waals surface area contributed by atoms with Crippen LogP contribution in [0.4, 0.5) is 0 Å². The number of hydrogen-bond acceptors (Lipinski definition) is 5. The van der Waals surface area contributed by atoms with Crippen LogP contribution in [-0.4, -0.2) is 44.3 Å². The average Bonchev–Trinajstić information content (AvgIpc) is 2.42. The predicted octanol–water partition coefficient (Wildman–Crippen LogP) is 2.76. The Bertz CT molecular complexity index is 618. The van der Waals surface area contributed by atoms with Crippen LogP contribution in [0.25, 0.3) is 0 Å². The van der Waals surface area contributed by atoms with Gasteiger partial charge in [-0.3, -0.25) is 4.90 Å². The third-order valence-corrected chi connectivity index (χ3v) is 4.71. The van der Waals surface area contributed by atoms with Gasteiger partial charge in [-0.15, -0.1) is 0 Å². The van der Waals surface area contributed by atoms with Gasteiger partial charge in [0.1, 0.15) is 11.6 Å². The lowest BCUT2D eigenvalue weighted by Gasteiger charge is -2.41. The molecule has 1 aliphatic heterocycles. The number of likely N-dealkylation sites (N-methyl/N-ethyl adjacent to an activating group) is 1. The molecule has 0 N–H and O–H groups in total. The van der Waals surface area contributed by atoms with Gasteiger partial charge in [0.05, 0.1) is 7.11 Å². The van der Waals surface area contributed by atoms with Gasteiger partial charge in [0.2, 0.25) is 6.08 Å². The number of aliphatic imine (C=N–C) groups is 1. The smallest absolute Gasteiger partial charge is 0.235 e. The van der Waals surface area contributed by atoms with Crippen molar-refractivity contribution in [3.8, 4) is 11.5 Å². The molecule has 1 saturated carbocycles. The second-order valence-corrected chi connectivity index (χ2v) is 6.47. The van der Waals surface area contributed by atoms with Crippen molar-refractivity contribution in [3.05, 3.63) is 22.7 Å². The number of isocyanates is 1. The minimum Gasteiger partial charge on any atom is -0.493 e. The Hall–Kier alpha value is -1.55. The van der Waals surface area contributed by atoms with E-state index in [-0.39, 0.29) is 6.10 Å². The SMILES string of the molecule is COc1cc(Cl)cc(C2(N=C=O)CCC2)c1OC1CN(C)C1. The van der Waals surface area contributed by atoms with E-state index in [1.54, 1.807) is 19.3 Å². The van der Waals surface area contributed by atoms with Crippen LogP contribution in [0, 0.1) is 0 Å². The van der Waals surface area contributed by atoms with Crippen LogP contribution in [0.5, 0.6) is 11.5 Å². The van der Waals surface area contributed by atoms with Crippen molar-refractivity contribution in [2.24, 2.45) is 4.99 Å². The molecule has 0 spiro atoms. The Labute approximate surface area is 134 Å². The first-order valence-electron chi connectivity index (χ1n) is 7.40. The molecule has 22 heavy (non-hydrogen) atoms. The highest BCUT2D eigenvalue weighted by atomic mass is 35.5. The zero-order valence-electron chi connectivity index (χ0n) is 12.8. The maximum absolute atomic E-state index is 10.9. The van der Waals surface area contributed by atoms with E-state index in [9.17, 15) is 4.79 Å². The fourth-order valence-electron chi connectivity index (χ4n) is 3.11. The molecule has 5 nitrogen and oxygen atoms in total. The molecule has 1 aromatic carbocycles. The van der Waals surface area contributed by atoms with E-state index in [0.717, 1.165) is 37.9 Å². The number of nitrogens with zero attached hydrogens (tertiary/aromatic N) is 2. The summed E-state index contributed by atoms with van der Waals surface area (Å²) in [7, 11) is 3.63. The molecule has 1 aliphatic carbocycles. The van der Waals surface area contributed by atoms with E-state index in [1.807, 2.05) is 13.1 Å². The van der Waals surface area contributed by atoms with Gasteiger partial charge in [0, 0.05) is 29.7 Å². The molecule has 1 aromatic rings. The van der Waals surface area contributed by atoms with Crippen molar-refractivity contribution in [3.63, 3.8) is 0 Å². The third kappa shape index (κ3) is 2.60. The topological polar surface area (TPSA) is 51.1 Å². The number of rotatable bonds is 5. The molecule has 3 rings (SSSR count). The molecule has 0 unspecified atom stereocenters. The Morgan fingerprint density at radius 1 is 1.41 bits per heavy atom. The van der Waals surface area contributed by atoms with Gasteiger partial charge >= 0.3 is 0 Å². The molecule has 6 heteroatoms. The van der Waals surface area contributed by atoms with E-state index in [2.05, 4.69) is 9.89 Å². The summed E-state index contributed by atoms with van der Waals surface area (Å²) in [6.07, 6.45) is 4.45. The predicted molar refractivity (Wildman–Crippen MR) is 83.6 cm³/mol. The molecule has 1 heterocycles. The highest BCUT2D eigenvalue weighted by Gasteiger charge is 2.43. The first-order chi connectivity index (χ1) is 10.6. The van der Waals surface area contributed by atoms with Crippen LogP contribution in [-0.2, 0) is 10.3 Å². The number of carbonyl (C=O) groups excluding carboxylic acids is 1. The summed E-state index contributed by atoms with van der Waals surface area (Å²) in [5, 5.41) is 0.553. The second kappa shape index (κ2) is 5.92. The molecule has 0 bridgehead atoms. The third-order valence-electron chi connectivity index (χ3n) is 4.50. The number of halogens is 1. The van der Waals surface area contributed by atoms with E-state index in [4.69, 9.17) is 21.1 Å². The van der Waals surface area contributed by atoms with E-state index in [0.29, 0.717) is 16.5 Å². The highest BCUT2D eigenvalue weighted by Crippen LogP contribution is 2.51. The number of ether oxygens (including phenoxy) is 2. The van der Waals surface area contributed by atoms with Gasteiger partial charge in [-0.25, -0.2) is 4.79 Å². The lowest BCUT2D eigenvalue weighted by Crippen LogP contribution is -2.51. The zero-order valence-corrected chi connectivity index (χ0v) is 13.5. The molecule has 2 fully saturated rings. The monoisotopic (exact) mass is 322 g/mol. The number of hydrogen-bond donors (Lipinski definition) is 0. The van der Waals surface area contributed by atoms with E-state index >= 15 is 0 Å². The molecule has 1 saturated heterocycles. The van der Waals surface area contributed by atoms with Gasteiger partial charge in [0.25, 0.3) is 0 Å². The quantitative estimate of drug-likeness (QED) is 0.618. The normalized spacial score (nSPS) is 20.5. The Balaban J connectivity index is 2.03. The van der Waals surface area contributed by atoms with Crippen molar-refractivity contribution in [2.75, 3.05) is 27.2 Å². The van der Waals surface area contributed by atoms with Crippen molar-refractivity contribution in [1.29, 1.82) is 0 Å². The van der Waals surface area contributed by atoms with Crippen molar-refractivity contribution >= 4 is 17.7 Å². The lowest BCUT2D eigenvalue weighted by molar-refractivity contribution is 0.0344. The Morgan fingerprint density at radius 3 is 2.64 bits per heavy atom. The number of benzene rings is 1. The number of methoxy groups -OCH3 is 1. The van der Waals surface area contributed by atoms with Gasteiger partial charge in [-0.1, -0.05) is 11.6 Å². The average molecular weight is 323 g/mol. The standard InChI is InChI=1S/C16H19ClN2O3/c1-19-8-12(9-19)22-15-13(6-11(17)7-14(15)21-2)16(18-10-20)4-3-5-16/h6-7,12H,3-5,8-9H2,1-2H3. The van der Waals surface area contributed by atoms with Crippen LogP contribution in [0.1, 0.15) is 24.8 Å². The highest BCUT2D eigenvalue weighted by molar-refractivity contribution is 6.30. The summed E-state index contributed by atoms with van der Waals surface area (Å²) in [6, 6.07) is 3.57. The van der Waals surface area contributed by atoms with Gasteiger partial charge < -0.3 is 9.47 Å². The second-order valence-electron chi connectivity index (χ2n) is 6.03. The van der Waals surface area contributed by atoms with Crippen LogP contribution >= 0.6 is 11.6 Å². The van der Waals surface area contributed by atoms with Crippen LogP contribution < -0.4 is 9.47 Å². The fraction of sp³-hybridized carbons (Fsp3) is 0.562. The number of likely N-dealkylation sites (tertiary alicyclic amines) is 1. The summed E-state index contributed by atoms with van der Waals surface area (Å²) < 4.78 is 11.6. The van der Waals surface area contributed by atoms with Gasteiger partial charge in [0.15, 0.2) is 11.5 Å². The molecular weight excluding hydrogens is 304 g/mol. The summed E-state index contributed by atoms with van der Waals surface area (Å²) in [4.78, 5) is 17.1.